The summed E-state index contributed by atoms with van der Waals surface area (Å²) in [5.41, 5.74) is 1.70. The van der Waals surface area contributed by atoms with Crippen LogP contribution in [-0.2, 0) is 16.1 Å². The first-order valence-corrected chi connectivity index (χ1v) is 9.20. The Morgan fingerprint density at radius 2 is 2.15 bits per heavy atom. The highest BCUT2D eigenvalue weighted by Gasteiger charge is 2.39. The fraction of sp³-hybridized carbons (Fsp3) is 0.350. The largest absolute Gasteiger partial charge is 0.350 e. The number of likely N-dealkylation sites (tertiary alicyclic amines) is 1. The van der Waals surface area contributed by atoms with Gasteiger partial charge in [0.25, 0.3) is 0 Å². The average molecular weight is 372 g/mol. The van der Waals surface area contributed by atoms with Crippen LogP contribution < -0.4 is 5.32 Å². The van der Waals surface area contributed by atoms with Crippen molar-refractivity contribution in [3.63, 3.8) is 0 Å². The van der Waals surface area contributed by atoms with Gasteiger partial charge in [0.2, 0.25) is 11.8 Å². The molecule has 6 heteroatoms. The zero-order valence-corrected chi connectivity index (χ0v) is 15.4. The van der Waals surface area contributed by atoms with Crippen molar-refractivity contribution < 1.29 is 9.59 Å². The van der Waals surface area contributed by atoms with Gasteiger partial charge in [-0.1, -0.05) is 29.8 Å². The second-order valence-corrected chi connectivity index (χ2v) is 6.80. The van der Waals surface area contributed by atoms with Gasteiger partial charge < -0.3 is 10.2 Å². The second-order valence-electron chi connectivity index (χ2n) is 6.36. The van der Waals surface area contributed by atoms with E-state index in [0.29, 0.717) is 31.0 Å². The van der Waals surface area contributed by atoms with Crippen LogP contribution in [0.25, 0.3) is 0 Å². The lowest BCUT2D eigenvalue weighted by atomic mass is 9.83. The van der Waals surface area contributed by atoms with E-state index >= 15 is 0 Å². The summed E-state index contributed by atoms with van der Waals surface area (Å²) in [6.07, 6.45) is 2.61. The predicted octanol–water partition coefficient (Wildman–Crippen LogP) is 3.35. The first-order valence-electron chi connectivity index (χ1n) is 8.82. The molecule has 1 fully saturated rings. The smallest absolute Gasteiger partial charge is 0.225 e. The molecule has 5 nitrogen and oxygen atoms in total. The van der Waals surface area contributed by atoms with Gasteiger partial charge >= 0.3 is 0 Å². The number of carbonyl (C=O) groups excluding carboxylic acids is 2. The van der Waals surface area contributed by atoms with Crippen molar-refractivity contribution in [2.75, 3.05) is 6.54 Å². The number of rotatable bonds is 5. The number of hydrogen-bond acceptors (Lipinski definition) is 3. The Morgan fingerprint density at radius 3 is 2.85 bits per heavy atom. The Morgan fingerprint density at radius 1 is 1.31 bits per heavy atom. The van der Waals surface area contributed by atoms with Gasteiger partial charge in [0, 0.05) is 24.2 Å². The van der Waals surface area contributed by atoms with Crippen molar-refractivity contribution in [1.29, 1.82) is 0 Å². The Labute approximate surface area is 158 Å². The van der Waals surface area contributed by atoms with Crippen LogP contribution in [0.4, 0.5) is 0 Å². The summed E-state index contributed by atoms with van der Waals surface area (Å²) in [5.74, 6) is -0.298. The van der Waals surface area contributed by atoms with Crippen molar-refractivity contribution in [1.82, 2.24) is 15.2 Å². The van der Waals surface area contributed by atoms with Crippen LogP contribution in [-0.4, -0.2) is 28.2 Å². The summed E-state index contributed by atoms with van der Waals surface area (Å²) in [4.78, 5) is 31.3. The summed E-state index contributed by atoms with van der Waals surface area (Å²) in [5, 5.41) is 3.57. The number of benzene rings is 1. The Hall–Kier alpha value is -2.40. The lowest BCUT2D eigenvalue weighted by molar-refractivity contribution is -0.143. The lowest BCUT2D eigenvalue weighted by Crippen LogP contribution is -2.47. The van der Waals surface area contributed by atoms with Gasteiger partial charge in [-0.3, -0.25) is 14.6 Å². The van der Waals surface area contributed by atoms with Crippen LogP contribution in [0.5, 0.6) is 0 Å². The standard InChI is InChI=1S/C20H22ClN3O2/c1-2-24-18(25)10-9-17(19(24)14-6-5-7-15(21)12-14)20(26)23-13-16-8-3-4-11-22-16/h3-8,11-12,17,19H,2,9-10,13H2,1H3,(H,23,26)/t17-,19+/m1/s1. The third kappa shape index (κ3) is 4.05. The third-order valence-electron chi connectivity index (χ3n) is 4.74. The van der Waals surface area contributed by atoms with E-state index in [1.165, 1.54) is 0 Å². The first-order chi connectivity index (χ1) is 12.6. The highest BCUT2D eigenvalue weighted by Crippen LogP contribution is 2.37. The number of carbonyl (C=O) groups is 2. The van der Waals surface area contributed by atoms with Crippen LogP contribution >= 0.6 is 11.6 Å². The van der Waals surface area contributed by atoms with E-state index in [1.807, 2.05) is 43.3 Å². The molecule has 0 radical (unpaired) electrons. The van der Waals surface area contributed by atoms with Crippen LogP contribution in [0, 0.1) is 5.92 Å². The molecule has 1 saturated heterocycles. The van der Waals surface area contributed by atoms with Crippen molar-refractivity contribution in [2.45, 2.75) is 32.4 Å². The lowest BCUT2D eigenvalue weighted by Gasteiger charge is -2.40. The maximum Gasteiger partial charge on any atom is 0.225 e. The normalized spacial score (nSPS) is 20.1. The Balaban J connectivity index is 1.82. The number of amides is 2. The third-order valence-corrected chi connectivity index (χ3v) is 4.98. The van der Waals surface area contributed by atoms with E-state index in [2.05, 4.69) is 10.3 Å². The van der Waals surface area contributed by atoms with Gasteiger partial charge in [-0.05, 0) is 43.2 Å². The molecule has 1 N–H and O–H groups in total. The molecule has 1 aliphatic heterocycles. The van der Waals surface area contributed by atoms with Crippen LogP contribution in [0.3, 0.4) is 0 Å². The molecular weight excluding hydrogens is 350 g/mol. The number of pyridine rings is 1. The van der Waals surface area contributed by atoms with Crippen molar-refractivity contribution in [3.8, 4) is 0 Å². The van der Waals surface area contributed by atoms with E-state index in [-0.39, 0.29) is 23.8 Å². The summed E-state index contributed by atoms with van der Waals surface area (Å²) >= 11 is 6.15. The number of halogens is 1. The SMILES string of the molecule is CCN1C(=O)CC[C@@H](C(=O)NCc2ccccn2)[C@@H]1c1cccc(Cl)c1. The van der Waals surface area contributed by atoms with Gasteiger partial charge in [-0.15, -0.1) is 0 Å². The van der Waals surface area contributed by atoms with Crippen LogP contribution in [0.15, 0.2) is 48.7 Å². The molecule has 0 saturated carbocycles. The summed E-state index contributed by atoms with van der Waals surface area (Å²) in [6, 6.07) is 12.7. The topological polar surface area (TPSA) is 62.3 Å². The van der Waals surface area contributed by atoms with E-state index in [9.17, 15) is 9.59 Å². The molecule has 26 heavy (non-hydrogen) atoms. The fourth-order valence-corrected chi connectivity index (χ4v) is 3.71. The fourth-order valence-electron chi connectivity index (χ4n) is 3.51. The molecule has 0 aliphatic carbocycles. The second kappa shape index (κ2) is 8.32. The summed E-state index contributed by atoms with van der Waals surface area (Å²) in [7, 11) is 0. The minimum absolute atomic E-state index is 0.0634. The van der Waals surface area contributed by atoms with Gasteiger partial charge in [0.1, 0.15) is 0 Å². The van der Waals surface area contributed by atoms with Crippen molar-refractivity contribution in [3.05, 3.63) is 64.9 Å². The van der Waals surface area contributed by atoms with E-state index in [4.69, 9.17) is 11.6 Å². The monoisotopic (exact) mass is 371 g/mol. The molecular formula is C20H22ClN3O2. The molecule has 0 spiro atoms. The number of piperidine rings is 1. The molecule has 2 aromatic rings. The zero-order chi connectivity index (χ0) is 18.5. The highest BCUT2D eigenvalue weighted by atomic mass is 35.5. The first kappa shape index (κ1) is 18.4. The molecule has 1 aromatic heterocycles. The maximum atomic E-state index is 12.9. The van der Waals surface area contributed by atoms with Crippen LogP contribution in [0.1, 0.15) is 37.1 Å². The Bertz CT molecular complexity index is 782. The maximum absolute atomic E-state index is 12.9. The number of hydrogen-bond donors (Lipinski definition) is 1. The van der Waals surface area contributed by atoms with Gasteiger partial charge in [-0.2, -0.15) is 0 Å². The molecule has 1 aliphatic rings. The molecule has 3 rings (SSSR count). The highest BCUT2D eigenvalue weighted by molar-refractivity contribution is 6.30. The number of nitrogens with one attached hydrogen (secondary N) is 1. The Kier molecular flexibility index (Phi) is 5.89. The van der Waals surface area contributed by atoms with Gasteiger partial charge in [-0.25, -0.2) is 0 Å². The molecule has 2 amide bonds. The predicted molar refractivity (Wildman–Crippen MR) is 100 cm³/mol. The minimum atomic E-state index is -0.310. The van der Waals surface area contributed by atoms with Crippen LogP contribution in [0.2, 0.25) is 5.02 Å². The zero-order valence-electron chi connectivity index (χ0n) is 14.7. The average Bonchev–Trinajstić information content (AvgIpc) is 2.66. The molecule has 0 unspecified atom stereocenters. The molecule has 2 heterocycles. The van der Waals surface area contributed by atoms with Gasteiger partial charge in [0.15, 0.2) is 0 Å². The minimum Gasteiger partial charge on any atom is -0.350 e. The number of aromatic nitrogens is 1. The molecule has 0 bridgehead atoms. The summed E-state index contributed by atoms with van der Waals surface area (Å²) in [6.45, 7) is 2.86. The van der Waals surface area contributed by atoms with E-state index in [0.717, 1.165) is 11.3 Å². The molecule has 136 valence electrons. The van der Waals surface area contributed by atoms with Crippen molar-refractivity contribution >= 4 is 23.4 Å². The van der Waals surface area contributed by atoms with Gasteiger partial charge in [0.05, 0.1) is 24.2 Å². The van der Waals surface area contributed by atoms with E-state index < -0.39 is 0 Å². The quantitative estimate of drug-likeness (QED) is 0.876. The van der Waals surface area contributed by atoms with E-state index in [1.54, 1.807) is 17.2 Å². The molecule has 1 aromatic carbocycles. The summed E-state index contributed by atoms with van der Waals surface area (Å²) < 4.78 is 0. The van der Waals surface area contributed by atoms with Crippen molar-refractivity contribution in [2.24, 2.45) is 5.92 Å². The molecule has 2 atom stereocenters. The number of nitrogens with zero attached hydrogens (tertiary/aromatic N) is 2.